The topological polar surface area (TPSA) is 88.6 Å². The summed E-state index contributed by atoms with van der Waals surface area (Å²) >= 11 is 0. The average Bonchev–Trinajstić information content (AvgIpc) is 3.08. The van der Waals surface area contributed by atoms with E-state index in [-0.39, 0.29) is 11.2 Å². The van der Waals surface area contributed by atoms with Crippen molar-refractivity contribution in [1.82, 2.24) is 9.78 Å². The maximum absolute atomic E-state index is 10.6. The molecule has 1 aromatic rings. The predicted octanol–water partition coefficient (Wildman–Crippen LogP) is 2.96. The van der Waals surface area contributed by atoms with Gasteiger partial charge in [-0.1, -0.05) is 13.8 Å². The molecule has 1 fully saturated rings. The first-order chi connectivity index (χ1) is 12.6. The molecule has 27 heavy (non-hydrogen) atoms. The lowest BCUT2D eigenvalue weighted by molar-refractivity contribution is 0.00578. The van der Waals surface area contributed by atoms with Crippen LogP contribution in [-0.4, -0.2) is 40.8 Å². The Morgan fingerprint density at radius 3 is 2.44 bits per heavy atom. The van der Waals surface area contributed by atoms with Crippen LogP contribution in [-0.2, 0) is 20.6 Å². The van der Waals surface area contributed by atoms with Crippen LogP contribution in [0.5, 0.6) is 0 Å². The average molecular weight is 379 g/mol. The van der Waals surface area contributed by atoms with Crippen LogP contribution in [0, 0.1) is 0 Å². The van der Waals surface area contributed by atoms with Crippen molar-refractivity contribution in [3.05, 3.63) is 11.9 Å². The number of hydrogen-bond donors (Lipinski definition) is 1. The largest absolute Gasteiger partial charge is 0.498 e. The first kappa shape index (κ1) is 21.8. The molecule has 1 aliphatic heterocycles. The van der Waals surface area contributed by atoms with Gasteiger partial charge in [-0.25, -0.2) is 4.79 Å². The van der Waals surface area contributed by atoms with E-state index in [1.54, 1.807) is 0 Å². The molecule has 1 amide bonds. The highest BCUT2D eigenvalue weighted by molar-refractivity contribution is 6.62. The zero-order chi connectivity index (χ0) is 20.2. The number of primary amides is 1. The number of rotatable bonds is 9. The Kier molecular flexibility index (Phi) is 6.97. The van der Waals surface area contributed by atoms with E-state index < -0.39 is 13.2 Å². The maximum Gasteiger partial charge on any atom is 0.498 e. The van der Waals surface area contributed by atoms with Crippen molar-refractivity contribution in [2.24, 2.45) is 5.73 Å². The van der Waals surface area contributed by atoms with E-state index in [1.807, 2.05) is 4.68 Å². The lowest BCUT2D eigenvalue weighted by Gasteiger charge is -2.32. The van der Waals surface area contributed by atoms with Gasteiger partial charge in [-0.2, -0.15) is 5.10 Å². The Morgan fingerprint density at radius 2 is 1.89 bits per heavy atom. The third-order valence-electron chi connectivity index (χ3n) is 5.68. The smallest absolute Gasteiger partial charge is 0.450 e. The molecule has 7 nitrogen and oxygen atoms in total. The van der Waals surface area contributed by atoms with Crippen molar-refractivity contribution in [1.29, 1.82) is 0 Å². The van der Waals surface area contributed by atoms with Gasteiger partial charge in [-0.05, 0) is 59.3 Å². The number of carbonyl (C=O) groups is 1. The minimum Gasteiger partial charge on any atom is -0.450 e. The molecule has 0 spiro atoms. The van der Waals surface area contributed by atoms with E-state index in [0.29, 0.717) is 12.5 Å². The van der Waals surface area contributed by atoms with Gasteiger partial charge in [-0.15, -0.1) is 0 Å². The van der Waals surface area contributed by atoms with E-state index in [2.05, 4.69) is 47.7 Å². The van der Waals surface area contributed by atoms with Crippen molar-refractivity contribution < 1.29 is 18.8 Å². The summed E-state index contributed by atoms with van der Waals surface area (Å²) in [7, 11) is -0.392. The summed E-state index contributed by atoms with van der Waals surface area (Å²) in [5.74, 6) is 0.337. The van der Waals surface area contributed by atoms with Crippen LogP contribution in [0.2, 0.25) is 0 Å². The van der Waals surface area contributed by atoms with Crippen LogP contribution >= 0.6 is 0 Å². The summed E-state index contributed by atoms with van der Waals surface area (Å²) in [6.07, 6.45) is 5.04. The number of amides is 1. The third-order valence-corrected chi connectivity index (χ3v) is 5.68. The van der Waals surface area contributed by atoms with Crippen molar-refractivity contribution in [2.45, 2.75) is 90.9 Å². The molecule has 0 radical (unpaired) electrons. The van der Waals surface area contributed by atoms with Crippen molar-refractivity contribution >= 4 is 18.7 Å². The predicted molar refractivity (Wildman–Crippen MR) is 106 cm³/mol. The highest BCUT2D eigenvalue weighted by Gasteiger charge is 2.52. The molecule has 0 aromatic carbocycles. The quantitative estimate of drug-likeness (QED) is 0.526. The number of ether oxygens (including phenoxy) is 1. The van der Waals surface area contributed by atoms with Crippen LogP contribution in [0.4, 0.5) is 4.79 Å². The van der Waals surface area contributed by atoms with Crippen molar-refractivity contribution in [3.63, 3.8) is 0 Å². The van der Waals surface area contributed by atoms with Gasteiger partial charge in [0.2, 0.25) is 0 Å². The Labute approximate surface area is 163 Å². The number of aromatic nitrogens is 2. The third kappa shape index (κ3) is 5.26. The molecule has 8 heteroatoms. The summed E-state index contributed by atoms with van der Waals surface area (Å²) in [5.41, 5.74) is 6.30. The van der Waals surface area contributed by atoms with Crippen LogP contribution in [0.1, 0.15) is 78.8 Å². The van der Waals surface area contributed by atoms with E-state index in [1.165, 1.54) is 0 Å². The fourth-order valence-electron chi connectivity index (χ4n) is 3.02. The SMILES string of the molecule is CCC(C)c1nn(CCCCCOC(N)=O)cc1B1OC(C)(C)C(C)(C)O1. The number of carbonyl (C=O) groups excluding carboxylic acids is 1. The molecule has 0 saturated carbocycles. The second-order valence-electron chi connectivity index (χ2n) is 8.36. The van der Waals surface area contributed by atoms with E-state index >= 15 is 0 Å². The second-order valence-corrected chi connectivity index (χ2v) is 8.36. The normalized spacial score (nSPS) is 19.3. The lowest BCUT2D eigenvalue weighted by Crippen LogP contribution is -2.41. The summed E-state index contributed by atoms with van der Waals surface area (Å²) in [5, 5.41) is 4.82. The van der Waals surface area contributed by atoms with E-state index in [9.17, 15) is 4.79 Å². The van der Waals surface area contributed by atoms with Gasteiger partial charge in [0.25, 0.3) is 0 Å². The molecular formula is C19H34BN3O4. The van der Waals surface area contributed by atoms with Crippen LogP contribution in [0.25, 0.3) is 0 Å². The van der Waals surface area contributed by atoms with Crippen LogP contribution < -0.4 is 11.2 Å². The molecule has 152 valence electrons. The summed E-state index contributed by atoms with van der Waals surface area (Å²) in [6, 6.07) is 0. The molecular weight excluding hydrogens is 345 g/mol. The fourth-order valence-corrected chi connectivity index (χ4v) is 3.02. The second kappa shape index (κ2) is 8.65. The van der Waals surface area contributed by atoms with Crippen molar-refractivity contribution in [3.8, 4) is 0 Å². The summed E-state index contributed by atoms with van der Waals surface area (Å²) in [6.45, 7) is 13.8. The number of nitrogens with zero attached hydrogens (tertiary/aromatic N) is 2. The molecule has 1 aliphatic rings. The minimum absolute atomic E-state index is 0.337. The zero-order valence-corrected chi connectivity index (χ0v) is 17.6. The number of aryl methyl sites for hydroxylation is 1. The molecule has 2 N–H and O–H groups in total. The Hall–Kier alpha value is -1.54. The fraction of sp³-hybridized carbons (Fsp3) is 0.789. The molecule has 1 unspecified atom stereocenters. The Balaban J connectivity index is 2.04. The number of unbranched alkanes of at least 4 members (excludes halogenated alkanes) is 2. The molecule has 0 aliphatic carbocycles. The Bertz CT molecular complexity index is 629. The van der Waals surface area contributed by atoms with Gasteiger partial charge in [0.1, 0.15) is 0 Å². The lowest BCUT2D eigenvalue weighted by atomic mass is 9.76. The summed E-state index contributed by atoms with van der Waals surface area (Å²) < 4.78 is 19.2. The minimum atomic E-state index is -0.715. The molecule has 2 heterocycles. The molecule has 0 bridgehead atoms. The Morgan fingerprint density at radius 1 is 1.26 bits per heavy atom. The van der Waals surface area contributed by atoms with Crippen LogP contribution in [0.15, 0.2) is 6.20 Å². The first-order valence-electron chi connectivity index (χ1n) is 9.92. The molecule has 1 aromatic heterocycles. The van der Waals surface area contributed by atoms with Gasteiger partial charge in [0.05, 0.1) is 23.5 Å². The maximum atomic E-state index is 10.6. The van der Waals surface area contributed by atoms with Gasteiger partial charge in [-0.3, -0.25) is 4.68 Å². The number of hydrogen-bond acceptors (Lipinski definition) is 5. The molecule has 1 saturated heterocycles. The number of nitrogens with two attached hydrogens (primary N) is 1. The molecule has 2 rings (SSSR count). The van der Waals surface area contributed by atoms with Gasteiger partial charge in [0.15, 0.2) is 0 Å². The molecule has 1 atom stereocenters. The highest BCUT2D eigenvalue weighted by atomic mass is 16.7. The monoisotopic (exact) mass is 379 g/mol. The van der Waals surface area contributed by atoms with Crippen LogP contribution in [0.3, 0.4) is 0 Å². The highest BCUT2D eigenvalue weighted by Crippen LogP contribution is 2.37. The van der Waals surface area contributed by atoms with Gasteiger partial charge >= 0.3 is 13.2 Å². The van der Waals surface area contributed by atoms with Gasteiger partial charge in [0, 0.05) is 18.2 Å². The van der Waals surface area contributed by atoms with Crippen molar-refractivity contribution in [2.75, 3.05) is 6.61 Å². The van der Waals surface area contributed by atoms with E-state index in [0.717, 1.165) is 43.4 Å². The zero-order valence-electron chi connectivity index (χ0n) is 17.6. The standard InChI is InChI=1S/C19H34BN3O4/c1-7-14(2)16-15(20-26-18(3,4)19(5,6)27-20)13-23(22-16)11-9-8-10-12-25-17(21)24/h13-14H,7-12H2,1-6H3,(H2,21,24). The van der Waals surface area contributed by atoms with E-state index in [4.69, 9.17) is 24.9 Å². The van der Waals surface area contributed by atoms with Gasteiger partial charge < -0.3 is 19.8 Å². The summed E-state index contributed by atoms with van der Waals surface area (Å²) in [4.78, 5) is 10.6. The first-order valence-corrected chi connectivity index (χ1v) is 9.92.